The molecule has 0 bridgehead atoms. The van der Waals surface area contributed by atoms with Crippen molar-refractivity contribution < 1.29 is 9.59 Å². The molecule has 0 aliphatic carbocycles. The summed E-state index contributed by atoms with van der Waals surface area (Å²) in [5.74, 6) is 0.280. The van der Waals surface area contributed by atoms with Gasteiger partial charge in [0.05, 0.1) is 0 Å². The van der Waals surface area contributed by atoms with Crippen molar-refractivity contribution in [2.45, 2.75) is 17.1 Å². The molecule has 1 aliphatic rings. The maximum atomic E-state index is 10.5. The van der Waals surface area contributed by atoms with Gasteiger partial charge in [-0.25, -0.2) is 0 Å². The van der Waals surface area contributed by atoms with E-state index < -0.39 is 0 Å². The zero-order valence-electron chi connectivity index (χ0n) is 4.35. The van der Waals surface area contributed by atoms with E-state index in [9.17, 15) is 9.59 Å². The van der Waals surface area contributed by atoms with Crippen LogP contribution in [0.2, 0.25) is 10.6 Å². The van der Waals surface area contributed by atoms with Crippen LogP contribution in [0.25, 0.3) is 0 Å². The van der Waals surface area contributed by atoms with Crippen LogP contribution in [0.5, 0.6) is 0 Å². The van der Waals surface area contributed by atoms with Gasteiger partial charge in [0.2, 0.25) is 0 Å². The van der Waals surface area contributed by atoms with E-state index in [0.29, 0.717) is 25.6 Å². The summed E-state index contributed by atoms with van der Waals surface area (Å²) in [5.41, 5.74) is 0. The van der Waals surface area contributed by atoms with Gasteiger partial charge in [0.15, 0.2) is 0 Å². The number of ketones is 2. The van der Waals surface area contributed by atoms with Crippen molar-refractivity contribution in [3.05, 3.63) is 0 Å². The van der Waals surface area contributed by atoms with Gasteiger partial charge < -0.3 is 0 Å². The average Bonchev–Trinajstić information content (AvgIpc) is 1.64. The number of Topliss-reactive ketones (excluding diaryl/α,β-unsaturated/α-hetero) is 2. The van der Waals surface area contributed by atoms with Crippen LogP contribution < -0.4 is 0 Å². The normalized spacial score (nSPS) is 21.5. The molecule has 0 aromatic carbocycles. The van der Waals surface area contributed by atoms with E-state index in [-0.39, 0.29) is 18.0 Å². The molecule has 44 valence electrons. The fraction of sp³-hybridized carbons (Fsp3) is 0.600. The molecule has 1 fully saturated rings. The molecule has 0 radical (unpaired) electrons. The van der Waals surface area contributed by atoms with Gasteiger partial charge in [-0.2, -0.15) is 0 Å². The van der Waals surface area contributed by atoms with Crippen LogP contribution in [0.1, 0.15) is 6.42 Å². The Labute approximate surface area is 53.8 Å². The SMILES string of the molecule is O=C1C[Se]CC(=O)C1. The molecule has 1 rings (SSSR count). The molecule has 0 atom stereocenters. The Bertz CT molecular complexity index is 116. The Balaban J connectivity index is 2.45. The molecular formula is C5H6O2Se. The first-order chi connectivity index (χ1) is 3.79. The van der Waals surface area contributed by atoms with Crippen molar-refractivity contribution in [3.63, 3.8) is 0 Å². The summed E-state index contributed by atoms with van der Waals surface area (Å²) in [4.78, 5) is 20.9. The van der Waals surface area contributed by atoms with Crippen molar-refractivity contribution in [2.24, 2.45) is 0 Å². The summed E-state index contributed by atoms with van der Waals surface area (Å²) in [6.07, 6.45) is 0.210. The number of rotatable bonds is 0. The summed E-state index contributed by atoms with van der Waals surface area (Å²) in [7, 11) is 0. The fourth-order valence-electron chi connectivity index (χ4n) is 0.601. The van der Waals surface area contributed by atoms with E-state index in [1.165, 1.54) is 0 Å². The third-order valence-electron chi connectivity index (χ3n) is 0.920. The average molecular weight is 177 g/mol. The summed E-state index contributed by atoms with van der Waals surface area (Å²) in [6.45, 7) is 0. The predicted octanol–water partition coefficient (Wildman–Crippen LogP) is 0.0691. The Kier molecular flexibility index (Phi) is 1.81. The van der Waals surface area contributed by atoms with Crippen LogP contribution in [0.3, 0.4) is 0 Å². The van der Waals surface area contributed by atoms with Gasteiger partial charge >= 0.3 is 53.2 Å². The van der Waals surface area contributed by atoms with Crippen molar-refractivity contribution >= 4 is 26.5 Å². The number of hydrogen-bond acceptors (Lipinski definition) is 2. The molecule has 0 aromatic heterocycles. The molecule has 0 aromatic rings. The molecule has 1 aliphatic heterocycles. The van der Waals surface area contributed by atoms with Gasteiger partial charge in [-0.15, -0.1) is 0 Å². The fourth-order valence-corrected chi connectivity index (χ4v) is 2.20. The summed E-state index contributed by atoms with van der Waals surface area (Å²) < 4.78 is 0. The van der Waals surface area contributed by atoms with Crippen LogP contribution >= 0.6 is 0 Å². The topological polar surface area (TPSA) is 34.1 Å². The molecule has 0 N–H and O–H groups in total. The Morgan fingerprint density at radius 1 is 1.12 bits per heavy atom. The summed E-state index contributed by atoms with van der Waals surface area (Å²) >= 11 is 0.298. The standard InChI is InChI=1S/C5H6O2Se/c6-4-1-5(7)3-8-2-4/h1-3H2. The zero-order chi connectivity index (χ0) is 5.98. The first-order valence-electron chi connectivity index (χ1n) is 2.40. The van der Waals surface area contributed by atoms with Gasteiger partial charge in [0, 0.05) is 0 Å². The van der Waals surface area contributed by atoms with Gasteiger partial charge in [-0.3, -0.25) is 0 Å². The second-order valence-electron chi connectivity index (χ2n) is 1.75. The van der Waals surface area contributed by atoms with Crippen molar-refractivity contribution in [1.82, 2.24) is 0 Å². The Hall–Kier alpha value is -0.141. The van der Waals surface area contributed by atoms with Gasteiger partial charge in [0.1, 0.15) is 0 Å². The molecule has 0 saturated carbocycles. The second kappa shape index (κ2) is 2.42. The van der Waals surface area contributed by atoms with Gasteiger partial charge in [-0.05, 0) is 0 Å². The second-order valence-corrected chi connectivity index (χ2v) is 3.81. The Morgan fingerprint density at radius 2 is 1.62 bits per heavy atom. The van der Waals surface area contributed by atoms with E-state index in [2.05, 4.69) is 0 Å². The zero-order valence-corrected chi connectivity index (χ0v) is 6.06. The van der Waals surface area contributed by atoms with Crippen molar-refractivity contribution in [1.29, 1.82) is 0 Å². The van der Waals surface area contributed by atoms with E-state index in [0.717, 1.165) is 0 Å². The summed E-state index contributed by atoms with van der Waals surface area (Å²) in [5, 5.41) is 1.36. The first-order valence-corrected chi connectivity index (χ1v) is 4.82. The van der Waals surface area contributed by atoms with Crippen LogP contribution in [-0.2, 0) is 9.59 Å². The summed E-state index contributed by atoms with van der Waals surface area (Å²) in [6, 6.07) is 0. The molecule has 1 saturated heterocycles. The predicted molar refractivity (Wildman–Crippen MR) is 30.0 cm³/mol. The van der Waals surface area contributed by atoms with Gasteiger partial charge in [-0.1, -0.05) is 0 Å². The Morgan fingerprint density at radius 3 is 1.88 bits per heavy atom. The van der Waals surface area contributed by atoms with E-state index in [1.54, 1.807) is 0 Å². The number of hydrogen-bond donors (Lipinski definition) is 0. The van der Waals surface area contributed by atoms with Gasteiger partial charge in [0.25, 0.3) is 0 Å². The third kappa shape index (κ3) is 1.42. The molecular weight excluding hydrogens is 171 g/mol. The molecule has 1 heterocycles. The first kappa shape index (κ1) is 5.99. The quantitative estimate of drug-likeness (QED) is 0.387. The molecule has 0 spiro atoms. The van der Waals surface area contributed by atoms with E-state index >= 15 is 0 Å². The molecule has 2 nitrogen and oxygen atoms in total. The monoisotopic (exact) mass is 178 g/mol. The molecule has 0 amide bonds. The van der Waals surface area contributed by atoms with Crippen LogP contribution in [0, 0.1) is 0 Å². The number of carbonyl (C=O) groups excluding carboxylic acids is 2. The molecule has 0 unspecified atom stereocenters. The van der Waals surface area contributed by atoms with Crippen molar-refractivity contribution in [2.75, 3.05) is 0 Å². The van der Waals surface area contributed by atoms with E-state index in [1.807, 2.05) is 0 Å². The minimum absolute atomic E-state index is 0.140. The van der Waals surface area contributed by atoms with Crippen LogP contribution in [-0.4, -0.2) is 26.5 Å². The van der Waals surface area contributed by atoms with E-state index in [4.69, 9.17) is 0 Å². The van der Waals surface area contributed by atoms with Crippen LogP contribution in [0.15, 0.2) is 0 Å². The van der Waals surface area contributed by atoms with Crippen LogP contribution in [0.4, 0.5) is 0 Å². The third-order valence-corrected chi connectivity index (χ3v) is 3.13. The molecule has 8 heavy (non-hydrogen) atoms. The van der Waals surface area contributed by atoms with Crippen molar-refractivity contribution in [3.8, 4) is 0 Å². The maximum absolute atomic E-state index is 10.5. The minimum atomic E-state index is 0.140. The molecule has 3 heteroatoms. The number of carbonyl (C=O) groups is 2.